The molecule has 6 heteroatoms. The van der Waals surface area contributed by atoms with Crippen molar-refractivity contribution >= 4 is 0 Å². The highest BCUT2D eigenvalue weighted by atomic mass is 19.1. The second kappa shape index (κ2) is 6.40. The quantitative estimate of drug-likeness (QED) is 0.650. The van der Waals surface area contributed by atoms with Gasteiger partial charge in [-0.1, -0.05) is 12.1 Å². The zero-order valence-corrected chi connectivity index (χ0v) is 10.9. The molecule has 1 heterocycles. The highest BCUT2D eigenvalue weighted by molar-refractivity contribution is 5.32. The van der Waals surface area contributed by atoms with Gasteiger partial charge in [0, 0.05) is 0 Å². The molecule has 0 aliphatic heterocycles. The predicted molar refractivity (Wildman–Crippen MR) is 70.9 cm³/mol. The van der Waals surface area contributed by atoms with Gasteiger partial charge in [0.25, 0.3) is 0 Å². The van der Waals surface area contributed by atoms with Crippen LogP contribution in [0.4, 0.5) is 8.78 Å². The first-order valence-electron chi connectivity index (χ1n) is 6.04. The smallest absolute Gasteiger partial charge is 0.168 e. The normalized spacial score (nSPS) is 12.2. The van der Waals surface area contributed by atoms with Crippen molar-refractivity contribution in [2.24, 2.45) is 5.84 Å². The highest BCUT2D eigenvalue weighted by Gasteiger charge is 2.16. The number of nitrogens with two attached hydrogens (primary N) is 1. The lowest BCUT2D eigenvalue weighted by atomic mass is 10.0. The molecule has 3 N–H and O–H groups in total. The Labute approximate surface area is 115 Å². The van der Waals surface area contributed by atoms with Crippen LogP contribution in [0.2, 0.25) is 0 Å². The maximum Gasteiger partial charge on any atom is 0.168 e. The molecule has 106 valence electrons. The van der Waals surface area contributed by atoms with Crippen LogP contribution >= 0.6 is 0 Å². The first kappa shape index (κ1) is 14.4. The molecule has 20 heavy (non-hydrogen) atoms. The molecule has 4 nitrogen and oxygen atoms in total. The van der Waals surface area contributed by atoms with Gasteiger partial charge in [0.1, 0.15) is 5.82 Å². The first-order chi connectivity index (χ1) is 9.65. The van der Waals surface area contributed by atoms with Crippen molar-refractivity contribution in [3.63, 3.8) is 0 Å². The molecule has 1 unspecified atom stereocenters. The number of hydrazine groups is 1. The lowest BCUT2D eigenvalue weighted by Crippen LogP contribution is -2.30. The summed E-state index contributed by atoms with van der Waals surface area (Å²) in [5.41, 5.74) is 3.54. The summed E-state index contributed by atoms with van der Waals surface area (Å²) in [7, 11) is 1.41. The van der Waals surface area contributed by atoms with Gasteiger partial charge in [-0.3, -0.25) is 16.3 Å². The van der Waals surface area contributed by atoms with E-state index in [9.17, 15) is 8.78 Å². The van der Waals surface area contributed by atoms with E-state index in [4.69, 9.17) is 10.6 Å². The third kappa shape index (κ3) is 3.09. The maximum atomic E-state index is 14.1. The lowest BCUT2D eigenvalue weighted by Gasteiger charge is -2.16. The van der Waals surface area contributed by atoms with Crippen LogP contribution in [0.1, 0.15) is 17.3 Å². The largest absolute Gasteiger partial charge is 0.494 e. The van der Waals surface area contributed by atoms with Gasteiger partial charge in [0.15, 0.2) is 11.6 Å². The fraction of sp³-hybridized carbons (Fsp3) is 0.214. The second-order valence-electron chi connectivity index (χ2n) is 4.26. The topological polar surface area (TPSA) is 60.2 Å². The van der Waals surface area contributed by atoms with Gasteiger partial charge in [0.05, 0.1) is 25.0 Å². The number of rotatable bonds is 5. The van der Waals surface area contributed by atoms with Crippen LogP contribution in [0.3, 0.4) is 0 Å². The van der Waals surface area contributed by atoms with E-state index in [2.05, 4.69) is 10.4 Å². The number of hydrogen-bond donors (Lipinski definition) is 2. The van der Waals surface area contributed by atoms with Crippen molar-refractivity contribution in [2.75, 3.05) is 7.11 Å². The maximum absolute atomic E-state index is 14.1. The molecule has 0 fully saturated rings. The number of pyridine rings is 1. The van der Waals surface area contributed by atoms with Crippen LogP contribution in [0, 0.1) is 11.6 Å². The fourth-order valence-electron chi connectivity index (χ4n) is 1.93. The zero-order chi connectivity index (χ0) is 14.5. The van der Waals surface area contributed by atoms with Gasteiger partial charge in [0.2, 0.25) is 0 Å². The Kier molecular flexibility index (Phi) is 4.60. The van der Waals surface area contributed by atoms with Crippen LogP contribution in [0.5, 0.6) is 5.75 Å². The third-order valence-corrected chi connectivity index (χ3v) is 3.00. The molecule has 0 aliphatic carbocycles. The van der Waals surface area contributed by atoms with E-state index in [0.29, 0.717) is 11.3 Å². The minimum absolute atomic E-state index is 0.172. The summed E-state index contributed by atoms with van der Waals surface area (Å²) in [6.45, 7) is 0. The lowest BCUT2D eigenvalue weighted by molar-refractivity contribution is 0.382. The molecule has 0 radical (unpaired) electrons. The van der Waals surface area contributed by atoms with Crippen LogP contribution in [-0.2, 0) is 6.42 Å². The Morgan fingerprint density at radius 2 is 2.10 bits per heavy atom. The average molecular weight is 279 g/mol. The summed E-state index contributed by atoms with van der Waals surface area (Å²) in [4.78, 5) is 3.95. The Hall–Kier alpha value is -2.05. The predicted octanol–water partition coefficient (Wildman–Crippen LogP) is 2.12. The van der Waals surface area contributed by atoms with Crippen molar-refractivity contribution in [1.82, 2.24) is 10.4 Å². The van der Waals surface area contributed by atoms with E-state index in [1.54, 1.807) is 18.2 Å². The number of ether oxygens (including phenoxy) is 1. The zero-order valence-electron chi connectivity index (χ0n) is 10.9. The molecule has 0 spiro atoms. The Balaban J connectivity index is 2.24. The number of nitrogens with one attached hydrogen (secondary N) is 1. The first-order valence-corrected chi connectivity index (χ1v) is 6.04. The molecule has 0 saturated heterocycles. The minimum atomic E-state index is -0.433. The monoisotopic (exact) mass is 279 g/mol. The number of methoxy groups -OCH3 is 1. The molecular formula is C14H15F2N3O. The van der Waals surface area contributed by atoms with E-state index in [1.165, 1.54) is 19.2 Å². The van der Waals surface area contributed by atoms with Crippen molar-refractivity contribution < 1.29 is 13.5 Å². The van der Waals surface area contributed by atoms with Crippen LogP contribution in [0.25, 0.3) is 0 Å². The van der Waals surface area contributed by atoms with Gasteiger partial charge in [-0.25, -0.2) is 8.78 Å². The van der Waals surface area contributed by atoms with Crippen molar-refractivity contribution in [3.05, 3.63) is 59.4 Å². The van der Waals surface area contributed by atoms with E-state index < -0.39 is 17.7 Å². The Morgan fingerprint density at radius 1 is 1.30 bits per heavy atom. The molecule has 0 amide bonds. The van der Waals surface area contributed by atoms with Gasteiger partial charge in [-0.2, -0.15) is 0 Å². The standard InChI is InChI=1S/C14H15F2N3O/c1-20-13-4-2-3-9(14(13)16)7-12(19-17)11-6-5-10(15)8-18-11/h2-6,8,12,19H,7,17H2,1H3. The minimum Gasteiger partial charge on any atom is -0.494 e. The molecule has 0 bridgehead atoms. The van der Waals surface area contributed by atoms with E-state index in [1.807, 2.05) is 0 Å². The van der Waals surface area contributed by atoms with Gasteiger partial charge in [-0.15, -0.1) is 0 Å². The molecule has 1 aromatic heterocycles. The number of benzene rings is 1. The number of hydrogen-bond acceptors (Lipinski definition) is 4. The summed E-state index contributed by atoms with van der Waals surface area (Å²) in [5.74, 6) is 4.78. The van der Waals surface area contributed by atoms with Crippen molar-refractivity contribution in [2.45, 2.75) is 12.5 Å². The van der Waals surface area contributed by atoms with Crippen LogP contribution in [0.15, 0.2) is 36.5 Å². The molecule has 0 saturated carbocycles. The summed E-state index contributed by atoms with van der Waals surface area (Å²) < 4.78 is 31.9. The van der Waals surface area contributed by atoms with E-state index in [0.717, 1.165) is 6.20 Å². The van der Waals surface area contributed by atoms with Crippen molar-refractivity contribution in [1.29, 1.82) is 0 Å². The number of aromatic nitrogens is 1. The summed E-state index contributed by atoms with van der Waals surface area (Å²) in [6, 6.07) is 7.26. The molecule has 0 aliphatic rings. The van der Waals surface area contributed by atoms with Crippen LogP contribution in [-0.4, -0.2) is 12.1 Å². The van der Waals surface area contributed by atoms with Crippen molar-refractivity contribution in [3.8, 4) is 5.75 Å². The van der Waals surface area contributed by atoms with E-state index in [-0.39, 0.29) is 12.2 Å². The molecule has 2 rings (SSSR count). The Bertz CT molecular complexity index is 575. The van der Waals surface area contributed by atoms with Gasteiger partial charge in [-0.05, 0) is 30.2 Å². The summed E-state index contributed by atoms with van der Waals surface area (Å²) in [5, 5.41) is 0. The number of halogens is 2. The van der Waals surface area contributed by atoms with Gasteiger partial charge < -0.3 is 4.74 Å². The summed E-state index contributed by atoms with van der Waals surface area (Å²) >= 11 is 0. The number of nitrogens with zero attached hydrogens (tertiary/aromatic N) is 1. The highest BCUT2D eigenvalue weighted by Crippen LogP contribution is 2.24. The third-order valence-electron chi connectivity index (χ3n) is 3.00. The molecule has 1 aromatic carbocycles. The fourth-order valence-corrected chi connectivity index (χ4v) is 1.93. The molecule has 1 atom stereocenters. The Morgan fingerprint density at radius 3 is 2.70 bits per heavy atom. The second-order valence-corrected chi connectivity index (χ2v) is 4.26. The molecule has 2 aromatic rings. The SMILES string of the molecule is COc1cccc(CC(NN)c2ccc(F)cn2)c1F. The van der Waals surface area contributed by atoms with Crippen LogP contribution < -0.4 is 16.0 Å². The van der Waals surface area contributed by atoms with Gasteiger partial charge >= 0.3 is 0 Å². The summed E-state index contributed by atoms with van der Waals surface area (Å²) in [6.07, 6.45) is 1.37. The molecular weight excluding hydrogens is 264 g/mol. The van der Waals surface area contributed by atoms with E-state index >= 15 is 0 Å². The average Bonchev–Trinajstić information content (AvgIpc) is 2.47.